The van der Waals surface area contributed by atoms with Gasteiger partial charge >= 0.3 is 0 Å². The minimum Gasteiger partial charge on any atom is -0.486 e. The number of para-hydroxylation sites is 1. The second-order valence-electron chi connectivity index (χ2n) is 7.95. The molecule has 1 aliphatic rings. The second-order valence-corrected chi connectivity index (χ2v) is 8.89. The van der Waals surface area contributed by atoms with Crippen molar-refractivity contribution >= 4 is 17.2 Å². The van der Waals surface area contributed by atoms with Crippen molar-refractivity contribution in [3.05, 3.63) is 45.9 Å². The molecule has 0 radical (unpaired) electrons. The molecule has 0 bridgehead atoms. The van der Waals surface area contributed by atoms with Gasteiger partial charge < -0.3 is 14.4 Å². The topological polar surface area (TPSA) is 51.7 Å². The molecule has 158 valence electrons. The molecule has 6 heteroatoms. The summed E-state index contributed by atoms with van der Waals surface area (Å²) in [6.07, 6.45) is 4.33. The van der Waals surface area contributed by atoms with Crippen LogP contribution < -0.4 is 4.74 Å². The molecular weight excluding hydrogens is 384 g/mol. The molecule has 3 rings (SSSR count). The van der Waals surface area contributed by atoms with Crippen molar-refractivity contribution in [3.63, 3.8) is 0 Å². The van der Waals surface area contributed by atoms with E-state index >= 15 is 0 Å². The Labute approximate surface area is 178 Å². The van der Waals surface area contributed by atoms with Gasteiger partial charge in [-0.1, -0.05) is 44.9 Å². The van der Waals surface area contributed by atoms with Gasteiger partial charge in [-0.15, -0.1) is 11.3 Å². The lowest BCUT2D eigenvalue weighted by molar-refractivity contribution is -0.136. The minimum absolute atomic E-state index is 0.167. The van der Waals surface area contributed by atoms with Crippen LogP contribution in [0.1, 0.15) is 61.7 Å². The number of amides is 1. The molecule has 1 aromatic heterocycles. The molecule has 1 heterocycles. The molecule has 0 spiro atoms. The van der Waals surface area contributed by atoms with Gasteiger partial charge in [0.25, 0.3) is 0 Å². The van der Waals surface area contributed by atoms with E-state index in [0.29, 0.717) is 32.2 Å². The summed E-state index contributed by atoms with van der Waals surface area (Å²) in [6.45, 7) is 6.47. The van der Waals surface area contributed by atoms with E-state index in [1.54, 1.807) is 18.4 Å². The average molecular weight is 417 g/mol. The van der Waals surface area contributed by atoms with E-state index in [9.17, 15) is 4.79 Å². The summed E-state index contributed by atoms with van der Waals surface area (Å²) in [5, 5.41) is 2.97. The Bertz CT molecular complexity index is 784. The number of benzene rings is 1. The number of carbonyl (C=O) groups excluding carboxylic acids is 1. The molecule has 0 N–H and O–H groups in total. The van der Waals surface area contributed by atoms with E-state index in [4.69, 9.17) is 14.5 Å². The fraction of sp³-hybridized carbons (Fsp3) is 0.565. The molecule has 1 saturated carbocycles. The van der Waals surface area contributed by atoms with Crippen molar-refractivity contribution in [2.75, 3.05) is 20.3 Å². The maximum Gasteiger partial charge on any atom is 0.226 e. The fourth-order valence-corrected chi connectivity index (χ4v) is 4.51. The third-order valence-electron chi connectivity index (χ3n) is 5.43. The van der Waals surface area contributed by atoms with Gasteiger partial charge in [0, 0.05) is 25.0 Å². The fourth-order valence-electron chi connectivity index (χ4n) is 3.81. The van der Waals surface area contributed by atoms with Crippen LogP contribution in [0.4, 0.5) is 0 Å². The van der Waals surface area contributed by atoms with Crippen molar-refractivity contribution in [2.45, 2.75) is 58.6 Å². The standard InChI is InChI=1S/C23H32N2O3S/c1-17(2)20-10-6-7-11-21(20)28-15-22-24-19(16-29-22)14-25(12-13-27-3)23(26)18-8-4-5-9-18/h6-7,10-11,16-18H,4-5,8-9,12-15H2,1-3H3. The zero-order valence-corrected chi connectivity index (χ0v) is 18.5. The number of hydrogen-bond donors (Lipinski definition) is 0. The number of hydrogen-bond acceptors (Lipinski definition) is 5. The highest BCUT2D eigenvalue weighted by Crippen LogP contribution is 2.28. The predicted molar refractivity (Wildman–Crippen MR) is 116 cm³/mol. The van der Waals surface area contributed by atoms with Gasteiger partial charge in [-0.05, 0) is 30.4 Å². The highest BCUT2D eigenvalue weighted by molar-refractivity contribution is 7.09. The van der Waals surface area contributed by atoms with Crippen LogP contribution in [-0.2, 0) is 22.7 Å². The zero-order valence-electron chi connectivity index (χ0n) is 17.7. The quantitative estimate of drug-likeness (QED) is 0.546. The van der Waals surface area contributed by atoms with Crippen molar-refractivity contribution < 1.29 is 14.3 Å². The van der Waals surface area contributed by atoms with Crippen molar-refractivity contribution in [1.82, 2.24) is 9.88 Å². The van der Waals surface area contributed by atoms with E-state index < -0.39 is 0 Å². The lowest BCUT2D eigenvalue weighted by atomic mass is 10.0. The first-order chi connectivity index (χ1) is 14.1. The van der Waals surface area contributed by atoms with Crippen molar-refractivity contribution in [1.29, 1.82) is 0 Å². The Balaban J connectivity index is 1.61. The van der Waals surface area contributed by atoms with Crippen LogP contribution in [0, 0.1) is 5.92 Å². The first-order valence-electron chi connectivity index (χ1n) is 10.5. The first-order valence-corrected chi connectivity index (χ1v) is 11.4. The Morgan fingerprint density at radius 3 is 2.76 bits per heavy atom. The van der Waals surface area contributed by atoms with Gasteiger partial charge in [0.1, 0.15) is 17.4 Å². The van der Waals surface area contributed by atoms with Gasteiger partial charge in [-0.2, -0.15) is 0 Å². The maximum absolute atomic E-state index is 12.9. The Kier molecular flexibility index (Phi) is 8.07. The lowest BCUT2D eigenvalue weighted by Crippen LogP contribution is -2.37. The Hall–Kier alpha value is -1.92. The number of carbonyl (C=O) groups is 1. The van der Waals surface area contributed by atoms with Crippen LogP contribution in [0.2, 0.25) is 0 Å². The lowest BCUT2D eigenvalue weighted by Gasteiger charge is -2.24. The molecule has 0 unspecified atom stereocenters. The molecule has 29 heavy (non-hydrogen) atoms. The average Bonchev–Trinajstić information content (AvgIpc) is 3.41. The summed E-state index contributed by atoms with van der Waals surface area (Å²) in [4.78, 5) is 19.5. The molecule has 0 aliphatic heterocycles. The molecule has 1 fully saturated rings. The zero-order chi connectivity index (χ0) is 20.6. The monoisotopic (exact) mass is 416 g/mol. The number of ether oxygens (including phenoxy) is 2. The minimum atomic E-state index is 0.167. The number of methoxy groups -OCH3 is 1. The van der Waals surface area contributed by atoms with Gasteiger partial charge in [0.05, 0.1) is 18.8 Å². The van der Waals surface area contributed by atoms with E-state index in [1.165, 1.54) is 5.56 Å². The van der Waals surface area contributed by atoms with E-state index in [2.05, 4.69) is 19.9 Å². The summed E-state index contributed by atoms with van der Waals surface area (Å²) in [6, 6.07) is 8.16. The van der Waals surface area contributed by atoms with Gasteiger partial charge in [-0.3, -0.25) is 4.79 Å². The largest absolute Gasteiger partial charge is 0.486 e. The molecule has 1 amide bonds. The maximum atomic E-state index is 12.9. The molecule has 1 aromatic carbocycles. The molecule has 5 nitrogen and oxygen atoms in total. The van der Waals surface area contributed by atoms with Crippen LogP contribution in [0.25, 0.3) is 0 Å². The number of rotatable bonds is 10. The van der Waals surface area contributed by atoms with Gasteiger partial charge in [-0.25, -0.2) is 4.98 Å². The van der Waals surface area contributed by atoms with E-state index in [0.717, 1.165) is 42.1 Å². The normalized spacial score (nSPS) is 14.5. The molecule has 2 aromatic rings. The van der Waals surface area contributed by atoms with E-state index in [-0.39, 0.29) is 11.8 Å². The third kappa shape index (κ3) is 6.03. The predicted octanol–water partition coefficient (Wildman–Crippen LogP) is 5.01. The Morgan fingerprint density at radius 1 is 1.28 bits per heavy atom. The smallest absolute Gasteiger partial charge is 0.226 e. The van der Waals surface area contributed by atoms with Crippen LogP contribution in [-0.4, -0.2) is 36.1 Å². The SMILES string of the molecule is COCCN(Cc1csc(COc2ccccc2C(C)C)n1)C(=O)C1CCCC1. The first kappa shape index (κ1) is 21.8. The molecule has 0 atom stereocenters. The Morgan fingerprint density at radius 2 is 2.03 bits per heavy atom. The summed E-state index contributed by atoms with van der Waals surface area (Å²) in [5.74, 6) is 1.74. The van der Waals surface area contributed by atoms with Crippen LogP contribution in [0.3, 0.4) is 0 Å². The summed E-state index contributed by atoms with van der Waals surface area (Å²) < 4.78 is 11.3. The summed E-state index contributed by atoms with van der Waals surface area (Å²) in [5.41, 5.74) is 2.13. The van der Waals surface area contributed by atoms with Gasteiger partial charge in [0.2, 0.25) is 5.91 Å². The van der Waals surface area contributed by atoms with Crippen molar-refractivity contribution in [3.8, 4) is 5.75 Å². The highest BCUT2D eigenvalue weighted by Gasteiger charge is 2.27. The second kappa shape index (κ2) is 10.7. The molecule has 0 saturated heterocycles. The number of nitrogens with zero attached hydrogens (tertiary/aromatic N) is 2. The van der Waals surface area contributed by atoms with Crippen LogP contribution in [0.15, 0.2) is 29.6 Å². The highest BCUT2D eigenvalue weighted by atomic mass is 32.1. The van der Waals surface area contributed by atoms with Crippen LogP contribution in [0.5, 0.6) is 5.75 Å². The third-order valence-corrected chi connectivity index (χ3v) is 6.30. The summed E-state index contributed by atoms with van der Waals surface area (Å²) in [7, 11) is 1.67. The number of aromatic nitrogens is 1. The van der Waals surface area contributed by atoms with Crippen molar-refractivity contribution in [2.24, 2.45) is 5.92 Å². The molecule has 1 aliphatic carbocycles. The number of thiazole rings is 1. The van der Waals surface area contributed by atoms with Crippen LogP contribution >= 0.6 is 11.3 Å². The summed E-state index contributed by atoms with van der Waals surface area (Å²) >= 11 is 1.59. The van der Waals surface area contributed by atoms with Gasteiger partial charge in [0.15, 0.2) is 0 Å². The molecular formula is C23H32N2O3S. The van der Waals surface area contributed by atoms with E-state index in [1.807, 2.05) is 28.5 Å².